The molecule has 0 amide bonds. The van der Waals surface area contributed by atoms with Crippen molar-refractivity contribution < 1.29 is 0 Å². The number of hydrogen-bond acceptors (Lipinski definition) is 3. The molecule has 22 heavy (non-hydrogen) atoms. The topological polar surface area (TPSA) is 53.1 Å². The van der Waals surface area contributed by atoms with E-state index in [0.717, 1.165) is 31.4 Å². The second-order valence-electron chi connectivity index (χ2n) is 6.32. The lowest BCUT2D eigenvalue weighted by molar-refractivity contribution is 0.420. The molecule has 2 aromatic carbocycles. The third-order valence-corrected chi connectivity index (χ3v) is 4.96. The summed E-state index contributed by atoms with van der Waals surface area (Å²) in [6.07, 6.45) is 2.91. The van der Waals surface area contributed by atoms with E-state index in [2.05, 4.69) is 41.3 Å². The van der Waals surface area contributed by atoms with Crippen molar-refractivity contribution in [2.45, 2.75) is 31.3 Å². The number of nitrogens with zero attached hydrogens (tertiary/aromatic N) is 2. The Hall–Kier alpha value is -2.31. The smallest absolute Gasteiger partial charge is 0.0991 e. The average molecular weight is 289 g/mol. The van der Waals surface area contributed by atoms with Crippen molar-refractivity contribution in [2.24, 2.45) is 5.73 Å². The molecule has 0 unspecified atom stereocenters. The van der Waals surface area contributed by atoms with Gasteiger partial charge < -0.3 is 10.6 Å². The molecule has 2 aliphatic heterocycles. The first-order valence-corrected chi connectivity index (χ1v) is 7.89. The largest absolute Gasteiger partial charge is 0.364 e. The zero-order valence-corrected chi connectivity index (χ0v) is 12.5. The summed E-state index contributed by atoms with van der Waals surface area (Å²) in [4.78, 5) is 2.49. The Morgan fingerprint density at radius 1 is 1.14 bits per heavy atom. The van der Waals surface area contributed by atoms with Gasteiger partial charge in [-0.3, -0.25) is 0 Å². The van der Waals surface area contributed by atoms with Crippen molar-refractivity contribution in [3.8, 4) is 6.07 Å². The van der Waals surface area contributed by atoms with Crippen molar-refractivity contribution in [3.05, 3.63) is 64.7 Å². The first-order valence-electron chi connectivity index (χ1n) is 7.89. The summed E-state index contributed by atoms with van der Waals surface area (Å²) in [6, 6.07) is 17.6. The third-order valence-electron chi connectivity index (χ3n) is 4.96. The van der Waals surface area contributed by atoms with Crippen LogP contribution in [0.15, 0.2) is 42.5 Å². The average Bonchev–Trinajstić information content (AvgIpc) is 2.68. The molecule has 3 heteroatoms. The first kappa shape index (κ1) is 13.4. The third kappa shape index (κ3) is 2.08. The Balaban J connectivity index is 1.90. The van der Waals surface area contributed by atoms with Gasteiger partial charge in [0.2, 0.25) is 0 Å². The number of nitriles is 1. The van der Waals surface area contributed by atoms with Crippen LogP contribution in [0.4, 0.5) is 5.69 Å². The van der Waals surface area contributed by atoms with Gasteiger partial charge in [0.25, 0.3) is 0 Å². The molecular weight excluding hydrogens is 270 g/mol. The Labute approximate surface area is 131 Å². The summed E-state index contributed by atoms with van der Waals surface area (Å²) >= 11 is 0. The van der Waals surface area contributed by atoms with Gasteiger partial charge in [0, 0.05) is 18.3 Å². The molecule has 2 atom stereocenters. The van der Waals surface area contributed by atoms with Gasteiger partial charge in [-0.1, -0.05) is 24.3 Å². The summed E-state index contributed by atoms with van der Waals surface area (Å²) in [5.41, 5.74) is 12.3. The highest BCUT2D eigenvalue weighted by molar-refractivity contribution is 5.62. The van der Waals surface area contributed by atoms with Crippen LogP contribution >= 0.6 is 0 Å². The van der Waals surface area contributed by atoms with E-state index < -0.39 is 0 Å². The summed E-state index contributed by atoms with van der Waals surface area (Å²) in [5, 5.41) is 9.19. The van der Waals surface area contributed by atoms with Gasteiger partial charge in [-0.2, -0.15) is 5.26 Å². The van der Waals surface area contributed by atoms with Crippen LogP contribution in [0.5, 0.6) is 0 Å². The van der Waals surface area contributed by atoms with Gasteiger partial charge in [-0.05, 0) is 54.2 Å². The summed E-state index contributed by atoms with van der Waals surface area (Å²) in [5.74, 6) is 0. The number of fused-ring (bicyclic) bond motifs is 5. The van der Waals surface area contributed by atoms with E-state index in [1.807, 2.05) is 12.1 Å². The minimum atomic E-state index is 0.272. The minimum Gasteiger partial charge on any atom is -0.364 e. The molecule has 1 fully saturated rings. The molecule has 3 nitrogen and oxygen atoms in total. The number of piperidine rings is 1. The fourth-order valence-corrected chi connectivity index (χ4v) is 3.88. The quantitative estimate of drug-likeness (QED) is 0.810. The monoisotopic (exact) mass is 289 g/mol. The number of rotatable bonds is 0. The van der Waals surface area contributed by atoms with Crippen LogP contribution in [0.25, 0.3) is 0 Å². The van der Waals surface area contributed by atoms with E-state index in [9.17, 15) is 5.26 Å². The number of hydrogen-bond donors (Lipinski definition) is 1. The van der Waals surface area contributed by atoms with Crippen LogP contribution in [0.1, 0.15) is 41.1 Å². The predicted octanol–water partition coefficient (Wildman–Crippen LogP) is 3.13. The van der Waals surface area contributed by atoms with Crippen molar-refractivity contribution in [3.63, 3.8) is 0 Å². The SMILES string of the molecule is N#Cc1ccc2c(c1)Cc1ccccc1[C@@H]1C[C@@H](N)CCN21. The minimum absolute atomic E-state index is 0.272. The first-order chi connectivity index (χ1) is 10.8. The lowest BCUT2D eigenvalue weighted by atomic mass is 9.90. The maximum atomic E-state index is 9.19. The second kappa shape index (κ2) is 5.15. The normalized spacial score (nSPS) is 22.8. The zero-order valence-electron chi connectivity index (χ0n) is 12.5. The Morgan fingerprint density at radius 2 is 2.00 bits per heavy atom. The number of benzene rings is 2. The molecule has 0 aliphatic carbocycles. The van der Waals surface area contributed by atoms with E-state index in [0.29, 0.717) is 6.04 Å². The molecule has 0 saturated carbocycles. The number of nitrogens with two attached hydrogens (primary N) is 1. The highest BCUT2D eigenvalue weighted by Gasteiger charge is 2.32. The van der Waals surface area contributed by atoms with Gasteiger partial charge in [0.1, 0.15) is 0 Å². The van der Waals surface area contributed by atoms with Crippen LogP contribution in [0.2, 0.25) is 0 Å². The van der Waals surface area contributed by atoms with Crippen LogP contribution in [-0.2, 0) is 6.42 Å². The molecule has 1 saturated heterocycles. The molecular formula is C19H19N3. The molecule has 110 valence electrons. The van der Waals surface area contributed by atoms with E-state index in [1.165, 1.54) is 22.4 Å². The van der Waals surface area contributed by atoms with E-state index >= 15 is 0 Å². The van der Waals surface area contributed by atoms with Gasteiger partial charge in [-0.15, -0.1) is 0 Å². The van der Waals surface area contributed by atoms with Gasteiger partial charge in [0.05, 0.1) is 17.7 Å². The maximum Gasteiger partial charge on any atom is 0.0991 e. The van der Waals surface area contributed by atoms with Gasteiger partial charge in [0.15, 0.2) is 0 Å². The van der Waals surface area contributed by atoms with Crippen LogP contribution in [0.3, 0.4) is 0 Å². The molecule has 0 radical (unpaired) electrons. The molecule has 4 rings (SSSR count). The molecule has 0 aromatic heterocycles. The van der Waals surface area contributed by atoms with Crippen molar-refractivity contribution in [1.82, 2.24) is 0 Å². The van der Waals surface area contributed by atoms with Gasteiger partial charge >= 0.3 is 0 Å². The zero-order chi connectivity index (χ0) is 15.1. The maximum absolute atomic E-state index is 9.19. The van der Waals surface area contributed by atoms with Crippen molar-refractivity contribution >= 4 is 5.69 Å². The van der Waals surface area contributed by atoms with E-state index in [-0.39, 0.29) is 6.04 Å². The van der Waals surface area contributed by atoms with Crippen LogP contribution in [0, 0.1) is 11.3 Å². The summed E-state index contributed by atoms with van der Waals surface area (Å²) in [7, 11) is 0. The Kier molecular flexibility index (Phi) is 3.13. The molecule has 2 N–H and O–H groups in total. The van der Waals surface area contributed by atoms with E-state index in [1.54, 1.807) is 0 Å². The highest BCUT2D eigenvalue weighted by atomic mass is 15.2. The van der Waals surface area contributed by atoms with Crippen molar-refractivity contribution in [2.75, 3.05) is 11.4 Å². The fraction of sp³-hybridized carbons (Fsp3) is 0.316. The Bertz CT molecular complexity index is 760. The second-order valence-corrected chi connectivity index (χ2v) is 6.32. The molecule has 0 spiro atoms. The Morgan fingerprint density at radius 3 is 2.86 bits per heavy atom. The molecule has 2 aliphatic rings. The van der Waals surface area contributed by atoms with Gasteiger partial charge in [-0.25, -0.2) is 0 Å². The predicted molar refractivity (Wildman–Crippen MR) is 87.7 cm³/mol. The number of anilines is 1. The van der Waals surface area contributed by atoms with Crippen LogP contribution < -0.4 is 10.6 Å². The lowest BCUT2D eigenvalue weighted by Crippen LogP contribution is -2.42. The highest BCUT2D eigenvalue weighted by Crippen LogP contribution is 2.41. The molecule has 0 bridgehead atoms. The van der Waals surface area contributed by atoms with E-state index in [4.69, 9.17) is 5.73 Å². The summed E-state index contributed by atoms with van der Waals surface area (Å²) < 4.78 is 0. The molecule has 2 heterocycles. The lowest BCUT2D eigenvalue weighted by Gasteiger charge is -2.40. The van der Waals surface area contributed by atoms with Crippen LogP contribution in [-0.4, -0.2) is 12.6 Å². The fourth-order valence-electron chi connectivity index (χ4n) is 3.88. The standard InChI is InChI=1S/C19H19N3/c20-12-13-5-6-18-15(9-13)10-14-3-1-2-4-17(14)19-11-16(21)7-8-22(18)19/h1-6,9,16,19H,7-8,10-11,21H2/t16-,19-/m0/s1. The molecule has 2 aromatic rings. The van der Waals surface area contributed by atoms with Crippen molar-refractivity contribution in [1.29, 1.82) is 5.26 Å². The summed E-state index contributed by atoms with van der Waals surface area (Å²) in [6.45, 7) is 0.985.